The lowest BCUT2D eigenvalue weighted by Gasteiger charge is -2.41. The molecule has 0 bridgehead atoms. The van der Waals surface area contributed by atoms with Crippen LogP contribution in [0.15, 0.2) is 36.8 Å². The molecule has 2 heterocycles. The van der Waals surface area contributed by atoms with Crippen molar-refractivity contribution in [3.8, 4) is 0 Å². The van der Waals surface area contributed by atoms with Crippen LogP contribution in [0, 0.1) is 6.92 Å². The molecule has 1 aliphatic rings. The van der Waals surface area contributed by atoms with Gasteiger partial charge in [0.1, 0.15) is 17.2 Å². The molecule has 3 amide bonds. The molecule has 1 fully saturated rings. The first-order valence-corrected chi connectivity index (χ1v) is 12.1. The maximum Gasteiger partial charge on any atom is 0.411 e. The Kier molecular flexibility index (Phi) is 7.96. The van der Waals surface area contributed by atoms with E-state index in [9.17, 15) is 14.4 Å². The van der Waals surface area contributed by atoms with Gasteiger partial charge >= 0.3 is 12.2 Å². The van der Waals surface area contributed by atoms with Gasteiger partial charge in [0.2, 0.25) is 5.91 Å². The lowest BCUT2D eigenvalue weighted by Crippen LogP contribution is -2.61. The van der Waals surface area contributed by atoms with Crippen LogP contribution in [0.4, 0.5) is 15.3 Å². The molecule has 10 nitrogen and oxygen atoms in total. The summed E-state index contributed by atoms with van der Waals surface area (Å²) in [6, 6.07) is 6.54. The third-order valence-electron chi connectivity index (χ3n) is 5.43. The van der Waals surface area contributed by atoms with Gasteiger partial charge in [0, 0.05) is 37.2 Å². The van der Waals surface area contributed by atoms with Crippen molar-refractivity contribution in [2.45, 2.75) is 72.3 Å². The molecule has 0 spiro atoms. The summed E-state index contributed by atoms with van der Waals surface area (Å²) in [6.45, 7) is 13.6. The van der Waals surface area contributed by atoms with Crippen LogP contribution in [0.5, 0.6) is 0 Å². The number of aromatic nitrogens is 2. The van der Waals surface area contributed by atoms with Crippen LogP contribution in [0.3, 0.4) is 0 Å². The molecular formula is C26H37N5O5. The zero-order valence-corrected chi connectivity index (χ0v) is 22.2. The predicted molar refractivity (Wildman–Crippen MR) is 136 cm³/mol. The van der Waals surface area contributed by atoms with Crippen molar-refractivity contribution in [1.29, 1.82) is 0 Å². The van der Waals surface area contributed by atoms with E-state index in [0.29, 0.717) is 12.2 Å². The summed E-state index contributed by atoms with van der Waals surface area (Å²) >= 11 is 0. The van der Waals surface area contributed by atoms with Crippen LogP contribution in [0.1, 0.15) is 52.8 Å². The molecule has 0 radical (unpaired) electrons. The molecule has 1 aromatic heterocycles. The van der Waals surface area contributed by atoms with Gasteiger partial charge in [-0.05, 0) is 66.2 Å². The number of nitrogens with zero attached hydrogens (tertiary/aromatic N) is 4. The lowest BCUT2D eigenvalue weighted by atomic mass is 10.1. The summed E-state index contributed by atoms with van der Waals surface area (Å²) in [5.74, 6) is -0.412. The summed E-state index contributed by atoms with van der Waals surface area (Å²) in [5.41, 5.74) is 1.21. The zero-order chi connectivity index (χ0) is 26.7. The van der Waals surface area contributed by atoms with Crippen molar-refractivity contribution in [2.24, 2.45) is 0 Å². The number of hydrogen-bond donors (Lipinski definition) is 1. The standard InChI is InChI=1S/C26H37N5O5/c1-18-14-27-17-30(18)15-19-9-8-10-20(13-19)28-22(32)21-16-29(23(33)35-25(2,3)4)11-12-31(21)24(34)36-26(5,6)7/h8-10,13-14,17,21H,11-12,15-16H2,1-7H3,(H,28,32)/t21-/m1/s1. The fourth-order valence-electron chi connectivity index (χ4n) is 3.76. The Morgan fingerprint density at radius 2 is 1.69 bits per heavy atom. The van der Waals surface area contributed by atoms with E-state index >= 15 is 0 Å². The van der Waals surface area contributed by atoms with Crippen LogP contribution in [0.2, 0.25) is 0 Å². The largest absolute Gasteiger partial charge is 0.444 e. The number of anilines is 1. The quantitative estimate of drug-likeness (QED) is 0.681. The average Bonchev–Trinajstić information content (AvgIpc) is 3.15. The molecule has 0 aliphatic carbocycles. The number of aryl methyl sites for hydroxylation is 1. The van der Waals surface area contributed by atoms with Crippen LogP contribution >= 0.6 is 0 Å². The van der Waals surface area contributed by atoms with Gasteiger partial charge in [-0.25, -0.2) is 14.6 Å². The van der Waals surface area contributed by atoms with E-state index in [2.05, 4.69) is 10.3 Å². The highest BCUT2D eigenvalue weighted by atomic mass is 16.6. The Balaban J connectivity index is 1.78. The average molecular weight is 500 g/mol. The van der Waals surface area contributed by atoms with Gasteiger partial charge < -0.3 is 24.3 Å². The molecule has 1 atom stereocenters. The van der Waals surface area contributed by atoms with E-state index in [4.69, 9.17) is 9.47 Å². The van der Waals surface area contributed by atoms with E-state index in [-0.39, 0.29) is 19.6 Å². The van der Waals surface area contributed by atoms with Gasteiger partial charge in [-0.1, -0.05) is 12.1 Å². The fourth-order valence-corrected chi connectivity index (χ4v) is 3.76. The van der Waals surface area contributed by atoms with E-state index in [1.54, 1.807) is 60.1 Å². The fraction of sp³-hybridized carbons (Fsp3) is 0.538. The minimum Gasteiger partial charge on any atom is -0.444 e. The van der Waals surface area contributed by atoms with Crippen molar-refractivity contribution >= 4 is 23.8 Å². The maximum atomic E-state index is 13.4. The third kappa shape index (κ3) is 7.47. The molecule has 1 aliphatic heterocycles. The molecule has 0 saturated carbocycles. The van der Waals surface area contributed by atoms with E-state index in [0.717, 1.165) is 11.3 Å². The monoisotopic (exact) mass is 499 g/mol. The summed E-state index contributed by atoms with van der Waals surface area (Å²) in [6.07, 6.45) is 2.42. The Hall–Kier alpha value is -3.56. The topological polar surface area (TPSA) is 106 Å². The molecule has 2 aromatic rings. The van der Waals surface area contributed by atoms with E-state index < -0.39 is 35.3 Å². The second kappa shape index (κ2) is 10.6. The first-order valence-electron chi connectivity index (χ1n) is 12.1. The highest BCUT2D eigenvalue weighted by Gasteiger charge is 2.40. The molecule has 3 rings (SSSR count). The highest BCUT2D eigenvalue weighted by molar-refractivity contribution is 5.97. The van der Waals surface area contributed by atoms with Crippen molar-refractivity contribution in [3.63, 3.8) is 0 Å². The van der Waals surface area contributed by atoms with Gasteiger partial charge in [-0.3, -0.25) is 9.69 Å². The Labute approximate surface area is 212 Å². The number of hydrogen-bond acceptors (Lipinski definition) is 6. The smallest absolute Gasteiger partial charge is 0.411 e. The molecule has 0 unspecified atom stereocenters. The second-order valence-electron chi connectivity index (χ2n) is 11.0. The Morgan fingerprint density at radius 1 is 1.03 bits per heavy atom. The number of carbonyl (C=O) groups excluding carboxylic acids is 3. The molecule has 10 heteroatoms. The van der Waals surface area contributed by atoms with Crippen LogP contribution in [-0.2, 0) is 20.8 Å². The maximum absolute atomic E-state index is 13.4. The summed E-state index contributed by atoms with van der Waals surface area (Å²) in [7, 11) is 0. The normalized spacial score (nSPS) is 16.5. The second-order valence-corrected chi connectivity index (χ2v) is 11.0. The van der Waals surface area contributed by atoms with Gasteiger partial charge in [0.25, 0.3) is 0 Å². The molecule has 1 N–H and O–H groups in total. The van der Waals surface area contributed by atoms with Crippen molar-refractivity contribution in [3.05, 3.63) is 48.0 Å². The van der Waals surface area contributed by atoms with Crippen molar-refractivity contribution in [1.82, 2.24) is 19.4 Å². The van der Waals surface area contributed by atoms with Gasteiger partial charge in [0.15, 0.2) is 0 Å². The van der Waals surface area contributed by atoms with Gasteiger partial charge in [-0.15, -0.1) is 0 Å². The van der Waals surface area contributed by atoms with E-state index in [1.807, 2.05) is 29.7 Å². The number of amides is 3. The molecule has 1 saturated heterocycles. The zero-order valence-electron chi connectivity index (χ0n) is 22.2. The third-order valence-corrected chi connectivity index (χ3v) is 5.43. The predicted octanol–water partition coefficient (Wildman–Crippen LogP) is 4.03. The Morgan fingerprint density at radius 3 is 2.31 bits per heavy atom. The van der Waals surface area contributed by atoms with Gasteiger partial charge in [-0.2, -0.15) is 0 Å². The molecule has 1 aromatic carbocycles. The molecule has 36 heavy (non-hydrogen) atoms. The molecular weight excluding hydrogens is 462 g/mol. The minimum absolute atomic E-state index is 0.00604. The number of imidazole rings is 1. The van der Waals surface area contributed by atoms with Crippen molar-refractivity contribution < 1.29 is 23.9 Å². The first-order chi connectivity index (χ1) is 16.7. The van der Waals surface area contributed by atoms with Crippen LogP contribution in [-0.4, -0.2) is 74.3 Å². The highest BCUT2D eigenvalue weighted by Crippen LogP contribution is 2.20. The van der Waals surface area contributed by atoms with Crippen LogP contribution < -0.4 is 5.32 Å². The van der Waals surface area contributed by atoms with Gasteiger partial charge in [0.05, 0.1) is 12.9 Å². The number of carbonyl (C=O) groups is 3. The number of rotatable bonds is 4. The summed E-state index contributed by atoms with van der Waals surface area (Å²) in [5, 5.41) is 2.91. The van der Waals surface area contributed by atoms with Crippen molar-refractivity contribution in [2.75, 3.05) is 25.0 Å². The SMILES string of the molecule is Cc1cncn1Cc1cccc(NC(=O)[C@H]2CN(C(=O)OC(C)(C)C)CCN2C(=O)OC(C)(C)C)c1. The Bertz CT molecular complexity index is 1100. The summed E-state index contributed by atoms with van der Waals surface area (Å²) in [4.78, 5) is 46.0. The number of benzene rings is 1. The number of ether oxygens (including phenoxy) is 2. The van der Waals surface area contributed by atoms with Crippen LogP contribution in [0.25, 0.3) is 0 Å². The van der Waals surface area contributed by atoms with E-state index in [1.165, 1.54) is 9.80 Å². The minimum atomic E-state index is -0.944. The lowest BCUT2D eigenvalue weighted by molar-refractivity contribution is -0.123. The number of nitrogens with one attached hydrogen (secondary N) is 1. The molecule has 196 valence electrons. The summed E-state index contributed by atoms with van der Waals surface area (Å²) < 4.78 is 13.0. The first kappa shape index (κ1) is 27.0. The number of piperazine rings is 1.